The lowest BCUT2D eigenvalue weighted by molar-refractivity contribution is -0.120. The summed E-state index contributed by atoms with van der Waals surface area (Å²) in [5, 5.41) is 8.07. The molecule has 1 aromatic heterocycles. The average Bonchev–Trinajstić information content (AvgIpc) is 3.30. The van der Waals surface area contributed by atoms with Crippen LogP contribution in [0.15, 0.2) is 29.6 Å². The van der Waals surface area contributed by atoms with Gasteiger partial charge in [-0.15, -0.1) is 11.3 Å². The molecule has 0 spiro atoms. The predicted molar refractivity (Wildman–Crippen MR) is 90.2 cm³/mol. The molecule has 0 bridgehead atoms. The highest BCUT2D eigenvalue weighted by Gasteiger charge is 2.30. The third-order valence-corrected chi connectivity index (χ3v) is 4.49. The molecule has 1 aliphatic rings. The maximum Gasteiger partial charge on any atom is 0.229 e. The number of carbonyl (C=O) groups is 2. The maximum absolute atomic E-state index is 12.0. The third kappa shape index (κ3) is 4.63. The highest BCUT2D eigenvalue weighted by molar-refractivity contribution is 7.13. The van der Waals surface area contributed by atoms with Crippen LogP contribution in [0.5, 0.6) is 0 Å². The fraction of sp³-hybridized carbons (Fsp3) is 0.353. The molecule has 1 aliphatic carbocycles. The SMILES string of the molecule is Cc1ccc(CNC(=O)Cc2csc(NC(=O)C3CC3)n2)cc1. The number of nitrogens with zero attached hydrogens (tertiary/aromatic N) is 1. The fourth-order valence-electron chi connectivity index (χ4n) is 2.13. The number of aryl methyl sites for hydroxylation is 1. The summed E-state index contributed by atoms with van der Waals surface area (Å²) >= 11 is 1.36. The number of anilines is 1. The van der Waals surface area contributed by atoms with Crippen molar-refractivity contribution in [1.29, 1.82) is 0 Å². The van der Waals surface area contributed by atoms with Crippen LogP contribution in [0.3, 0.4) is 0 Å². The molecule has 0 radical (unpaired) electrons. The quantitative estimate of drug-likeness (QED) is 0.856. The van der Waals surface area contributed by atoms with Crippen molar-refractivity contribution in [2.45, 2.75) is 32.7 Å². The Morgan fingerprint density at radius 3 is 2.70 bits per heavy atom. The van der Waals surface area contributed by atoms with Gasteiger partial charge in [-0.05, 0) is 25.3 Å². The average molecular weight is 329 g/mol. The molecule has 0 atom stereocenters. The summed E-state index contributed by atoms with van der Waals surface area (Å²) in [6, 6.07) is 8.06. The topological polar surface area (TPSA) is 71.1 Å². The van der Waals surface area contributed by atoms with Crippen LogP contribution in [0.1, 0.15) is 29.7 Å². The number of hydrogen-bond donors (Lipinski definition) is 2. The number of rotatable bonds is 6. The monoisotopic (exact) mass is 329 g/mol. The van der Waals surface area contributed by atoms with Crippen molar-refractivity contribution in [1.82, 2.24) is 10.3 Å². The highest BCUT2D eigenvalue weighted by Crippen LogP contribution is 2.30. The van der Waals surface area contributed by atoms with E-state index in [2.05, 4.69) is 15.6 Å². The van der Waals surface area contributed by atoms with Crippen LogP contribution in [0, 0.1) is 12.8 Å². The van der Waals surface area contributed by atoms with Crippen molar-refractivity contribution in [2.75, 3.05) is 5.32 Å². The predicted octanol–water partition coefficient (Wildman–Crippen LogP) is 2.66. The van der Waals surface area contributed by atoms with E-state index in [1.807, 2.05) is 36.6 Å². The van der Waals surface area contributed by atoms with Crippen LogP contribution in [0.2, 0.25) is 0 Å². The summed E-state index contributed by atoms with van der Waals surface area (Å²) in [6.07, 6.45) is 2.15. The number of aromatic nitrogens is 1. The van der Waals surface area contributed by atoms with Crippen LogP contribution in [-0.4, -0.2) is 16.8 Å². The molecule has 1 heterocycles. The summed E-state index contributed by atoms with van der Waals surface area (Å²) in [5.74, 6) is 0.117. The lowest BCUT2D eigenvalue weighted by Gasteiger charge is -2.04. The van der Waals surface area contributed by atoms with Crippen LogP contribution in [0.4, 0.5) is 5.13 Å². The Labute approximate surface area is 139 Å². The maximum atomic E-state index is 12.0. The van der Waals surface area contributed by atoms with Crippen LogP contribution >= 0.6 is 11.3 Å². The van der Waals surface area contributed by atoms with Gasteiger partial charge >= 0.3 is 0 Å². The molecular formula is C17H19N3O2S. The van der Waals surface area contributed by atoms with Gasteiger partial charge in [-0.25, -0.2) is 4.98 Å². The minimum absolute atomic E-state index is 0.0368. The molecule has 5 nitrogen and oxygen atoms in total. The molecule has 1 aromatic carbocycles. The fourth-order valence-corrected chi connectivity index (χ4v) is 2.85. The Balaban J connectivity index is 1.46. The van der Waals surface area contributed by atoms with Gasteiger partial charge in [0.25, 0.3) is 0 Å². The van der Waals surface area contributed by atoms with E-state index in [0.717, 1.165) is 18.4 Å². The van der Waals surface area contributed by atoms with Gasteiger partial charge in [0.05, 0.1) is 12.1 Å². The van der Waals surface area contributed by atoms with Crippen molar-refractivity contribution >= 4 is 28.3 Å². The summed E-state index contributed by atoms with van der Waals surface area (Å²) in [7, 11) is 0. The second-order valence-corrected chi connectivity index (χ2v) is 6.70. The van der Waals surface area contributed by atoms with Gasteiger partial charge in [0, 0.05) is 17.8 Å². The summed E-state index contributed by atoms with van der Waals surface area (Å²) in [4.78, 5) is 27.9. The largest absolute Gasteiger partial charge is 0.352 e. The summed E-state index contributed by atoms with van der Waals surface area (Å²) < 4.78 is 0. The number of benzene rings is 1. The van der Waals surface area contributed by atoms with E-state index in [1.165, 1.54) is 16.9 Å². The first-order valence-corrected chi connectivity index (χ1v) is 8.55. The molecule has 1 saturated carbocycles. The lowest BCUT2D eigenvalue weighted by Crippen LogP contribution is -2.24. The normalized spacial score (nSPS) is 13.6. The van der Waals surface area contributed by atoms with Gasteiger partial charge in [0.15, 0.2) is 5.13 Å². The molecule has 2 N–H and O–H groups in total. The van der Waals surface area contributed by atoms with E-state index in [9.17, 15) is 9.59 Å². The molecule has 6 heteroatoms. The van der Waals surface area contributed by atoms with Crippen LogP contribution in [0.25, 0.3) is 0 Å². The van der Waals surface area contributed by atoms with Crippen molar-refractivity contribution in [3.63, 3.8) is 0 Å². The first-order valence-electron chi connectivity index (χ1n) is 7.67. The zero-order valence-electron chi connectivity index (χ0n) is 13.0. The number of hydrogen-bond acceptors (Lipinski definition) is 4. The molecular weight excluding hydrogens is 310 g/mol. The number of carbonyl (C=O) groups excluding carboxylic acids is 2. The van der Waals surface area contributed by atoms with E-state index >= 15 is 0 Å². The third-order valence-electron chi connectivity index (χ3n) is 3.68. The second kappa shape index (κ2) is 6.91. The molecule has 23 heavy (non-hydrogen) atoms. The van der Waals surface area contributed by atoms with Gasteiger partial charge in [0.2, 0.25) is 11.8 Å². The minimum atomic E-state index is -0.0732. The molecule has 1 fully saturated rings. The standard InChI is InChI=1S/C17H19N3O2S/c1-11-2-4-12(5-3-11)9-18-15(21)8-14-10-23-17(19-14)20-16(22)13-6-7-13/h2-5,10,13H,6-9H2,1H3,(H,18,21)(H,19,20,22). The van der Waals surface area contributed by atoms with Crippen molar-refractivity contribution < 1.29 is 9.59 Å². The highest BCUT2D eigenvalue weighted by atomic mass is 32.1. The smallest absolute Gasteiger partial charge is 0.229 e. The number of nitrogens with one attached hydrogen (secondary N) is 2. The lowest BCUT2D eigenvalue weighted by atomic mass is 10.1. The minimum Gasteiger partial charge on any atom is -0.352 e. The summed E-state index contributed by atoms with van der Waals surface area (Å²) in [5.41, 5.74) is 2.95. The Morgan fingerprint density at radius 2 is 2.00 bits per heavy atom. The van der Waals surface area contributed by atoms with E-state index in [-0.39, 0.29) is 24.2 Å². The molecule has 120 valence electrons. The van der Waals surface area contributed by atoms with Crippen molar-refractivity contribution in [3.8, 4) is 0 Å². The van der Waals surface area contributed by atoms with E-state index < -0.39 is 0 Å². The molecule has 2 amide bonds. The van der Waals surface area contributed by atoms with Crippen LogP contribution in [-0.2, 0) is 22.6 Å². The first kappa shape index (κ1) is 15.7. The number of thiazole rings is 1. The molecule has 0 unspecified atom stereocenters. The molecule has 2 aromatic rings. The molecule has 0 aliphatic heterocycles. The van der Waals surface area contributed by atoms with E-state index in [1.54, 1.807) is 0 Å². The van der Waals surface area contributed by atoms with Gasteiger partial charge in [0.1, 0.15) is 0 Å². The van der Waals surface area contributed by atoms with Crippen molar-refractivity contribution in [3.05, 3.63) is 46.5 Å². The number of amides is 2. The van der Waals surface area contributed by atoms with Gasteiger partial charge in [-0.3, -0.25) is 9.59 Å². The molecule has 0 saturated heterocycles. The van der Waals surface area contributed by atoms with Gasteiger partial charge in [-0.2, -0.15) is 0 Å². The Kier molecular flexibility index (Phi) is 4.71. The Hall–Kier alpha value is -2.21. The zero-order chi connectivity index (χ0) is 16.2. The van der Waals surface area contributed by atoms with Crippen molar-refractivity contribution in [2.24, 2.45) is 5.92 Å². The molecule has 3 rings (SSSR count). The Bertz CT molecular complexity index is 705. The van der Waals surface area contributed by atoms with Gasteiger partial charge < -0.3 is 10.6 Å². The Morgan fingerprint density at radius 1 is 1.26 bits per heavy atom. The summed E-state index contributed by atoms with van der Waals surface area (Å²) in [6.45, 7) is 2.54. The second-order valence-electron chi connectivity index (χ2n) is 5.85. The van der Waals surface area contributed by atoms with Gasteiger partial charge in [-0.1, -0.05) is 29.8 Å². The zero-order valence-corrected chi connectivity index (χ0v) is 13.8. The van der Waals surface area contributed by atoms with E-state index in [0.29, 0.717) is 17.4 Å². The first-order chi connectivity index (χ1) is 11.1. The van der Waals surface area contributed by atoms with Crippen LogP contribution < -0.4 is 10.6 Å². The van der Waals surface area contributed by atoms with E-state index in [4.69, 9.17) is 0 Å².